The van der Waals surface area contributed by atoms with Gasteiger partial charge >= 0.3 is 0 Å². The smallest absolute Gasteiger partial charge is 0.184 e. The molecule has 1 aromatic carbocycles. The number of benzene rings is 1. The Balaban J connectivity index is 2.55. The molecule has 1 aliphatic heterocycles. The lowest BCUT2D eigenvalue weighted by Crippen LogP contribution is -2.26. The van der Waals surface area contributed by atoms with Crippen LogP contribution < -0.4 is 0 Å². The summed E-state index contributed by atoms with van der Waals surface area (Å²) in [5, 5.41) is 10.8. The molecule has 0 aromatic heterocycles. The molecule has 0 bridgehead atoms. The number of rotatable bonds is 1. The van der Waals surface area contributed by atoms with Crippen LogP contribution in [0.15, 0.2) is 12.1 Å². The van der Waals surface area contributed by atoms with Crippen molar-refractivity contribution in [2.24, 2.45) is 0 Å². The zero-order valence-electron chi connectivity index (χ0n) is 15.0. The number of phenolic OH excluding ortho intramolecular Hbond substituents is 1. The molecule has 22 heavy (non-hydrogen) atoms. The van der Waals surface area contributed by atoms with Crippen molar-refractivity contribution < 1.29 is 14.6 Å². The van der Waals surface area contributed by atoms with E-state index in [0.717, 1.165) is 23.1 Å². The Bertz CT molecular complexity index is 500. The molecule has 2 unspecified atom stereocenters. The number of aromatic hydroxyl groups is 1. The first-order chi connectivity index (χ1) is 10.00. The molecule has 1 aromatic rings. The van der Waals surface area contributed by atoms with Gasteiger partial charge in [-0.15, -0.1) is 0 Å². The molecule has 1 N–H and O–H groups in total. The molecular weight excluding hydrogens is 276 g/mol. The van der Waals surface area contributed by atoms with Gasteiger partial charge in [-0.05, 0) is 47.4 Å². The lowest BCUT2D eigenvalue weighted by Gasteiger charge is -2.32. The second-order valence-electron chi connectivity index (χ2n) is 8.40. The zero-order chi connectivity index (χ0) is 16.7. The van der Waals surface area contributed by atoms with Crippen LogP contribution in [0.1, 0.15) is 77.9 Å². The molecule has 1 heterocycles. The van der Waals surface area contributed by atoms with Crippen LogP contribution in [-0.4, -0.2) is 17.8 Å². The third-order valence-corrected chi connectivity index (χ3v) is 4.17. The highest BCUT2D eigenvalue weighted by molar-refractivity contribution is 5.50. The Morgan fingerprint density at radius 1 is 1.00 bits per heavy atom. The van der Waals surface area contributed by atoms with Gasteiger partial charge in [-0.3, -0.25) is 0 Å². The minimum absolute atomic E-state index is 0.139. The van der Waals surface area contributed by atoms with Crippen molar-refractivity contribution >= 4 is 0 Å². The summed E-state index contributed by atoms with van der Waals surface area (Å²) in [5.74, 6) is 0.396. The second kappa shape index (κ2) is 5.86. The van der Waals surface area contributed by atoms with Gasteiger partial charge in [0.05, 0.1) is 12.7 Å². The summed E-state index contributed by atoms with van der Waals surface area (Å²) in [4.78, 5) is 0. The first kappa shape index (κ1) is 17.3. The lowest BCUT2D eigenvalue weighted by molar-refractivity contribution is -0.212. The fourth-order valence-electron chi connectivity index (χ4n) is 2.77. The van der Waals surface area contributed by atoms with Gasteiger partial charge in [-0.1, -0.05) is 41.5 Å². The molecule has 0 spiro atoms. The van der Waals surface area contributed by atoms with Gasteiger partial charge in [0.2, 0.25) is 0 Å². The normalized spacial score (nSPS) is 23.6. The topological polar surface area (TPSA) is 38.7 Å². The molecule has 2 rings (SSSR count). The molecule has 1 aliphatic rings. The predicted octanol–water partition coefficient (Wildman–Crippen LogP) is 4.81. The number of hydrogen-bond donors (Lipinski definition) is 1. The van der Waals surface area contributed by atoms with Gasteiger partial charge in [0.15, 0.2) is 6.29 Å². The van der Waals surface area contributed by atoms with Gasteiger partial charge in [0, 0.05) is 5.56 Å². The van der Waals surface area contributed by atoms with Gasteiger partial charge in [-0.25, -0.2) is 0 Å². The van der Waals surface area contributed by atoms with Crippen molar-refractivity contribution in [3.05, 3.63) is 28.8 Å². The average molecular weight is 306 g/mol. The van der Waals surface area contributed by atoms with Crippen LogP contribution in [-0.2, 0) is 20.3 Å². The molecule has 0 radical (unpaired) electrons. The first-order valence-electron chi connectivity index (χ1n) is 8.15. The Morgan fingerprint density at radius 3 is 1.91 bits per heavy atom. The van der Waals surface area contributed by atoms with E-state index in [9.17, 15) is 5.11 Å². The molecule has 0 amide bonds. The number of phenols is 1. The van der Waals surface area contributed by atoms with E-state index in [4.69, 9.17) is 9.47 Å². The summed E-state index contributed by atoms with van der Waals surface area (Å²) in [6, 6.07) is 4.07. The number of hydrogen-bond acceptors (Lipinski definition) is 3. The molecule has 2 atom stereocenters. The fraction of sp³-hybridized carbons (Fsp3) is 0.684. The summed E-state index contributed by atoms with van der Waals surface area (Å²) in [7, 11) is 0. The van der Waals surface area contributed by atoms with E-state index >= 15 is 0 Å². The van der Waals surface area contributed by atoms with Crippen LogP contribution in [0, 0.1) is 0 Å². The van der Waals surface area contributed by atoms with E-state index in [2.05, 4.69) is 48.5 Å². The maximum Gasteiger partial charge on any atom is 0.184 e. The zero-order valence-corrected chi connectivity index (χ0v) is 15.0. The lowest BCUT2D eigenvalue weighted by atomic mass is 9.78. The molecule has 0 aliphatic carbocycles. The molecule has 1 fully saturated rings. The summed E-state index contributed by atoms with van der Waals surface area (Å²) < 4.78 is 11.7. The Labute approximate surface area is 134 Å². The van der Waals surface area contributed by atoms with E-state index < -0.39 is 0 Å². The predicted molar refractivity (Wildman–Crippen MR) is 89.4 cm³/mol. The summed E-state index contributed by atoms with van der Waals surface area (Å²) >= 11 is 0. The number of ether oxygens (including phenoxy) is 2. The van der Waals surface area contributed by atoms with E-state index in [0.29, 0.717) is 12.4 Å². The maximum absolute atomic E-state index is 10.8. The average Bonchev–Trinajstić information content (AvgIpc) is 2.36. The largest absolute Gasteiger partial charge is 0.507 e. The van der Waals surface area contributed by atoms with Crippen molar-refractivity contribution in [3.8, 4) is 5.75 Å². The Kier molecular flexibility index (Phi) is 4.61. The molecule has 1 saturated heterocycles. The maximum atomic E-state index is 10.8. The van der Waals surface area contributed by atoms with E-state index in [1.165, 1.54) is 0 Å². The van der Waals surface area contributed by atoms with Crippen LogP contribution in [0.5, 0.6) is 5.75 Å². The SMILES string of the molecule is CC1CCOC(c2cc(C(C)(C)C)c(O)c(C(C)(C)C)c2)O1. The van der Waals surface area contributed by atoms with Crippen molar-refractivity contribution in [2.75, 3.05) is 6.61 Å². The minimum Gasteiger partial charge on any atom is -0.507 e. The van der Waals surface area contributed by atoms with Crippen LogP contribution >= 0.6 is 0 Å². The summed E-state index contributed by atoms with van der Waals surface area (Å²) in [6.07, 6.45) is 0.780. The summed E-state index contributed by atoms with van der Waals surface area (Å²) in [5.41, 5.74) is 2.61. The van der Waals surface area contributed by atoms with Gasteiger partial charge in [0.25, 0.3) is 0 Å². The molecule has 3 heteroatoms. The van der Waals surface area contributed by atoms with E-state index in [1.54, 1.807) is 0 Å². The Morgan fingerprint density at radius 2 is 1.50 bits per heavy atom. The highest BCUT2D eigenvalue weighted by Crippen LogP contribution is 2.42. The van der Waals surface area contributed by atoms with Crippen molar-refractivity contribution in [3.63, 3.8) is 0 Å². The molecule has 3 nitrogen and oxygen atoms in total. The quantitative estimate of drug-likeness (QED) is 0.809. The first-order valence-corrected chi connectivity index (χ1v) is 8.15. The molecule has 124 valence electrons. The third kappa shape index (κ3) is 3.64. The summed E-state index contributed by atoms with van der Waals surface area (Å²) in [6.45, 7) is 15.5. The van der Waals surface area contributed by atoms with Crippen LogP contribution in [0.2, 0.25) is 0 Å². The highest BCUT2D eigenvalue weighted by atomic mass is 16.7. The highest BCUT2D eigenvalue weighted by Gasteiger charge is 2.30. The van der Waals surface area contributed by atoms with Crippen LogP contribution in [0.25, 0.3) is 0 Å². The minimum atomic E-state index is -0.341. The van der Waals surface area contributed by atoms with Crippen LogP contribution in [0.4, 0.5) is 0 Å². The van der Waals surface area contributed by atoms with Crippen molar-refractivity contribution in [1.29, 1.82) is 0 Å². The standard InChI is InChI=1S/C19H30O3/c1-12-8-9-21-17(22-12)13-10-14(18(2,3)4)16(20)15(11-13)19(5,6)7/h10-12,17,20H,8-9H2,1-7H3. The van der Waals surface area contributed by atoms with E-state index in [-0.39, 0.29) is 23.2 Å². The molecule has 0 saturated carbocycles. The monoisotopic (exact) mass is 306 g/mol. The van der Waals surface area contributed by atoms with Crippen molar-refractivity contribution in [2.45, 2.75) is 78.1 Å². The van der Waals surface area contributed by atoms with Gasteiger partial charge < -0.3 is 14.6 Å². The van der Waals surface area contributed by atoms with Crippen molar-refractivity contribution in [1.82, 2.24) is 0 Å². The third-order valence-electron chi connectivity index (χ3n) is 4.17. The Hall–Kier alpha value is -1.06. The molecular formula is C19H30O3. The van der Waals surface area contributed by atoms with Crippen LogP contribution in [0.3, 0.4) is 0 Å². The van der Waals surface area contributed by atoms with Gasteiger partial charge in [0.1, 0.15) is 5.75 Å². The van der Waals surface area contributed by atoms with E-state index in [1.807, 2.05) is 12.1 Å². The second-order valence-corrected chi connectivity index (χ2v) is 8.40. The van der Waals surface area contributed by atoms with Gasteiger partial charge in [-0.2, -0.15) is 0 Å². The fourth-order valence-corrected chi connectivity index (χ4v) is 2.77.